The highest BCUT2D eigenvalue weighted by molar-refractivity contribution is 4.94. The van der Waals surface area contributed by atoms with Crippen LogP contribution in [0, 0.1) is 6.92 Å². The van der Waals surface area contributed by atoms with Gasteiger partial charge in [0.1, 0.15) is 0 Å². The molecule has 3 nitrogen and oxygen atoms in total. The molecule has 0 saturated carbocycles. The van der Waals surface area contributed by atoms with E-state index in [1.807, 2.05) is 24.7 Å². The van der Waals surface area contributed by atoms with Crippen molar-refractivity contribution in [3.05, 3.63) is 18.0 Å². The maximum absolute atomic E-state index is 4.94. The first-order valence-corrected chi connectivity index (χ1v) is 4.33. The van der Waals surface area contributed by atoms with Crippen molar-refractivity contribution in [3.63, 3.8) is 0 Å². The topological polar surface area (TPSA) is 27.1 Å². The Morgan fingerprint density at radius 1 is 1.42 bits per heavy atom. The smallest absolute Gasteiger partial charge is 0.0492 e. The van der Waals surface area contributed by atoms with Gasteiger partial charge in [-0.25, -0.2) is 0 Å². The number of aromatic nitrogens is 2. The van der Waals surface area contributed by atoms with Gasteiger partial charge in [0.25, 0.3) is 0 Å². The molecule has 68 valence electrons. The molecule has 0 spiro atoms. The predicted octanol–water partition coefficient (Wildman–Crippen LogP) is 1.53. The molecule has 1 aromatic rings. The molecule has 0 aromatic carbocycles. The minimum atomic E-state index is 1.00. The number of aryl methyl sites for hydroxylation is 2. The van der Waals surface area contributed by atoms with E-state index < -0.39 is 0 Å². The van der Waals surface area contributed by atoms with Crippen LogP contribution in [0.25, 0.3) is 0 Å². The lowest BCUT2D eigenvalue weighted by Crippen LogP contribution is -1.90. The van der Waals surface area contributed by atoms with E-state index in [1.165, 1.54) is 18.5 Å². The van der Waals surface area contributed by atoms with Gasteiger partial charge in [0, 0.05) is 32.2 Å². The Labute approximate surface area is 73.3 Å². The molecule has 0 atom stereocenters. The van der Waals surface area contributed by atoms with Crippen LogP contribution in [0.1, 0.15) is 18.5 Å². The number of ether oxygens (including phenoxy) is 1. The lowest BCUT2D eigenvalue weighted by atomic mass is 10.4. The van der Waals surface area contributed by atoms with Gasteiger partial charge in [0.05, 0.1) is 0 Å². The zero-order chi connectivity index (χ0) is 8.81. The first-order valence-electron chi connectivity index (χ1n) is 4.33. The molecule has 1 aliphatic heterocycles. The molecule has 2 heterocycles. The SMILES string of the molecule is C1CCOC1.Cc1ccnn1C. The van der Waals surface area contributed by atoms with Crippen LogP contribution in [0.5, 0.6) is 0 Å². The van der Waals surface area contributed by atoms with Crippen molar-refractivity contribution >= 4 is 0 Å². The van der Waals surface area contributed by atoms with Crippen LogP contribution in [-0.4, -0.2) is 23.0 Å². The van der Waals surface area contributed by atoms with Gasteiger partial charge < -0.3 is 4.74 Å². The third kappa shape index (κ3) is 3.05. The van der Waals surface area contributed by atoms with Crippen molar-refractivity contribution in [1.82, 2.24) is 9.78 Å². The van der Waals surface area contributed by atoms with E-state index in [4.69, 9.17) is 4.74 Å². The molecule has 1 aromatic heterocycles. The van der Waals surface area contributed by atoms with E-state index in [0.29, 0.717) is 0 Å². The van der Waals surface area contributed by atoms with Crippen molar-refractivity contribution in [2.45, 2.75) is 19.8 Å². The molecule has 3 heteroatoms. The second-order valence-electron chi connectivity index (χ2n) is 2.92. The molecule has 0 amide bonds. The molecular weight excluding hydrogens is 152 g/mol. The van der Waals surface area contributed by atoms with Crippen molar-refractivity contribution in [3.8, 4) is 0 Å². The van der Waals surface area contributed by atoms with E-state index in [1.54, 1.807) is 6.20 Å². The first-order chi connectivity index (χ1) is 5.80. The Morgan fingerprint density at radius 2 is 2.08 bits per heavy atom. The van der Waals surface area contributed by atoms with E-state index in [0.717, 1.165) is 13.2 Å². The van der Waals surface area contributed by atoms with Crippen LogP contribution in [0.4, 0.5) is 0 Å². The Morgan fingerprint density at radius 3 is 2.25 bits per heavy atom. The van der Waals surface area contributed by atoms with Crippen LogP contribution >= 0.6 is 0 Å². The molecular formula is C9H16N2O. The summed E-state index contributed by atoms with van der Waals surface area (Å²) in [5.74, 6) is 0. The molecule has 0 bridgehead atoms. The Hall–Kier alpha value is -0.830. The number of nitrogens with zero attached hydrogens (tertiary/aromatic N) is 2. The Bertz CT molecular complexity index is 192. The van der Waals surface area contributed by atoms with Gasteiger partial charge in [-0.15, -0.1) is 0 Å². The average molecular weight is 168 g/mol. The highest BCUT2D eigenvalue weighted by Crippen LogP contribution is 1.98. The molecule has 1 aliphatic rings. The van der Waals surface area contributed by atoms with Gasteiger partial charge >= 0.3 is 0 Å². The molecule has 2 rings (SSSR count). The summed E-state index contributed by atoms with van der Waals surface area (Å²) in [6, 6.07) is 1.97. The predicted molar refractivity (Wildman–Crippen MR) is 48.0 cm³/mol. The fraction of sp³-hybridized carbons (Fsp3) is 0.667. The molecule has 0 unspecified atom stereocenters. The summed E-state index contributed by atoms with van der Waals surface area (Å²) in [5, 5.41) is 3.93. The second-order valence-corrected chi connectivity index (χ2v) is 2.92. The number of hydrogen-bond acceptors (Lipinski definition) is 2. The maximum Gasteiger partial charge on any atom is 0.0492 e. The largest absolute Gasteiger partial charge is 0.381 e. The van der Waals surface area contributed by atoms with E-state index in [2.05, 4.69) is 5.10 Å². The minimum absolute atomic E-state index is 1.00. The van der Waals surface area contributed by atoms with Gasteiger partial charge in [0.15, 0.2) is 0 Å². The fourth-order valence-corrected chi connectivity index (χ4v) is 0.950. The molecule has 1 saturated heterocycles. The van der Waals surface area contributed by atoms with Gasteiger partial charge in [-0.2, -0.15) is 5.10 Å². The highest BCUT2D eigenvalue weighted by Gasteiger charge is 1.94. The molecule has 0 N–H and O–H groups in total. The average Bonchev–Trinajstić information content (AvgIpc) is 2.67. The van der Waals surface area contributed by atoms with Gasteiger partial charge in [-0.3, -0.25) is 4.68 Å². The Balaban J connectivity index is 0.000000127. The minimum Gasteiger partial charge on any atom is -0.381 e. The van der Waals surface area contributed by atoms with Crippen molar-refractivity contribution < 1.29 is 4.74 Å². The van der Waals surface area contributed by atoms with Crippen molar-refractivity contribution in [2.24, 2.45) is 7.05 Å². The van der Waals surface area contributed by atoms with Crippen LogP contribution in [0.2, 0.25) is 0 Å². The molecule has 1 fully saturated rings. The zero-order valence-corrected chi connectivity index (χ0v) is 7.79. The molecule has 0 aliphatic carbocycles. The lowest BCUT2D eigenvalue weighted by Gasteiger charge is -1.87. The maximum atomic E-state index is 4.94. The quantitative estimate of drug-likeness (QED) is 0.587. The van der Waals surface area contributed by atoms with Crippen molar-refractivity contribution in [1.29, 1.82) is 0 Å². The van der Waals surface area contributed by atoms with Gasteiger partial charge in [0.2, 0.25) is 0 Å². The summed E-state index contributed by atoms with van der Waals surface area (Å²) in [4.78, 5) is 0. The number of hydrogen-bond donors (Lipinski definition) is 0. The zero-order valence-electron chi connectivity index (χ0n) is 7.79. The summed E-state index contributed by atoms with van der Waals surface area (Å²) in [7, 11) is 1.93. The van der Waals surface area contributed by atoms with E-state index in [-0.39, 0.29) is 0 Å². The third-order valence-electron chi connectivity index (χ3n) is 1.89. The summed E-state index contributed by atoms with van der Waals surface area (Å²) < 4.78 is 6.78. The summed E-state index contributed by atoms with van der Waals surface area (Å²) >= 11 is 0. The van der Waals surface area contributed by atoms with Gasteiger partial charge in [-0.05, 0) is 25.8 Å². The standard InChI is InChI=1S/C5H8N2.C4H8O/c1-5-3-4-6-7(5)2;1-2-4-5-3-1/h3-4H,1-2H3;1-4H2. The summed E-state index contributed by atoms with van der Waals surface area (Å²) in [6.45, 7) is 4.02. The van der Waals surface area contributed by atoms with Gasteiger partial charge in [-0.1, -0.05) is 0 Å². The summed E-state index contributed by atoms with van der Waals surface area (Å²) in [5.41, 5.74) is 1.19. The first kappa shape index (κ1) is 9.26. The lowest BCUT2D eigenvalue weighted by molar-refractivity contribution is 0.198. The third-order valence-corrected chi connectivity index (χ3v) is 1.89. The number of rotatable bonds is 0. The van der Waals surface area contributed by atoms with Crippen LogP contribution in [-0.2, 0) is 11.8 Å². The van der Waals surface area contributed by atoms with Crippen LogP contribution in [0.3, 0.4) is 0 Å². The molecule has 12 heavy (non-hydrogen) atoms. The fourth-order valence-electron chi connectivity index (χ4n) is 0.950. The normalized spacial score (nSPS) is 15.5. The van der Waals surface area contributed by atoms with E-state index >= 15 is 0 Å². The van der Waals surface area contributed by atoms with Crippen LogP contribution in [0.15, 0.2) is 12.3 Å². The highest BCUT2D eigenvalue weighted by atomic mass is 16.5. The monoisotopic (exact) mass is 168 g/mol. The summed E-state index contributed by atoms with van der Waals surface area (Å²) in [6.07, 6.45) is 4.34. The van der Waals surface area contributed by atoms with E-state index in [9.17, 15) is 0 Å². The van der Waals surface area contributed by atoms with Crippen molar-refractivity contribution in [2.75, 3.05) is 13.2 Å². The molecule has 0 radical (unpaired) electrons. The second kappa shape index (κ2) is 4.93. The van der Waals surface area contributed by atoms with Crippen LogP contribution < -0.4 is 0 Å². The Kier molecular flexibility index (Phi) is 3.80.